The van der Waals surface area contributed by atoms with Crippen LogP contribution < -0.4 is 15.4 Å². The molecule has 15 heteroatoms. The number of nitrogens with one attached hydrogen (secondary N) is 3. The molecule has 3 N–H and O–H groups in total. The fourth-order valence-electron chi connectivity index (χ4n) is 4.66. The van der Waals surface area contributed by atoms with E-state index in [0.29, 0.717) is 24.2 Å². The van der Waals surface area contributed by atoms with Crippen LogP contribution in [0.1, 0.15) is 19.0 Å². The van der Waals surface area contributed by atoms with E-state index >= 15 is 4.39 Å². The second kappa shape index (κ2) is 11.7. The van der Waals surface area contributed by atoms with Crippen LogP contribution in [0, 0.1) is 17.5 Å². The highest BCUT2D eigenvalue weighted by molar-refractivity contribution is 7.92. The maximum absolute atomic E-state index is 15.9. The SMILES string of the molecule is COC(=O)N[C@@H](C)CNc1nccc(-c2c(-c3cccc(NS(=O)(=O)c4c(F)cccc4F)c3F)nn3c2CCC3)n1. The molecule has 0 radical (unpaired) electrons. The van der Waals surface area contributed by atoms with Crippen LogP contribution in [0.4, 0.5) is 29.6 Å². The molecule has 0 spiro atoms. The number of carbonyl (C=O) groups is 1. The Morgan fingerprint density at radius 2 is 1.86 bits per heavy atom. The molecule has 0 aliphatic carbocycles. The first-order valence-corrected chi connectivity index (χ1v) is 14.3. The van der Waals surface area contributed by atoms with Gasteiger partial charge in [-0.2, -0.15) is 5.10 Å². The molecule has 3 heterocycles. The third-order valence-corrected chi connectivity index (χ3v) is 7.97. The zero-order valence-electron chi connectivity index (χ0n) is 22.5. The number of hydrogen-bond acceptors (Lipinski definition) is 8. The van der Waals surface area contributed by atoms with E-state index in [-0.39, 0.29) is 29.8 Å². The Hall–Kier alpha value is -4.66. The summed E-state index contributed by atoms with van der Waals surface area (Å²) in [5, 5.41) is 10.3. The third kappa shape index (κ3) is 5.72. The van der Waals surface area contributed by atoms with E-state index in [0.717, 1.165) is 36.4 Å². The van der Waals surface area contributed by atoms with Gasteiger partial charge in [0, 0.05) is 42.1 Å². The minimum Gasteiger partial charge on any atom is -0.453 e. The highest BCUT2D eigenvalue weighted by atomic mass is 32.2. The minimum absolute atomic E-state index is 0.0369. The summed E-state index contributed by atoms with van der Waals surface area (Å²) >= 11 is 0. The van der Waals surface area contributed by atoms with Crippen molar-refractivity contribution in [1.82, 2.24) is 25.1 Å². The van der Waals surface area contributed by atoms with Crippen LogP contribution in [0.15, 0.2) is 53.6 Å². The predicted octanol–water partition coefficient (Wildman–Crippen LogP) is 4.33. The lowest BCUT2D eigenvalue weighted by atomic mass is 10.0. The van der Waals surface area contributed by atoms with Crippen LogP contribution in [0.5, 0.6) is 0 Å². The van der Waals surface area contributed by atoms with Crippen LogP contribution in [0.2, 0.25) is 0 Å². The maximum Gasteiger partial charge on any atom is 0.407 e. The summed E-state index contributed by atoms with van der Waals surface area (Å²) in [5.74, 6) is -3.35. The number of methoxy groups -OCH3 is 1. The Kier molecular flexibility index (Phi) is 8.02. The Labute approximate surface area is 239 Å². The molecule has 0 fully saturated rings. The smallest absolute Gasteiger partial charge is 0.407 e. The van der Waals surface area contributed by atoms with Crippen molar-refractivity contribution in [2.24, 2.45) is 0 Å². The zero-order valence-corrected chi connectivity index (χ0v) is 23.3. The predicted molar refractivity (Wildman–Crippen MR) is 148 cm³/mol. The largest absolute Gasteiger partial charge is 0.453 e. The van der Waals surface area contributed by atoms with Crippen LogP contribution in [-0.4, -0.2) is 54.0 Å². The van der Waals surface area contributed by atoms with Crippen molar-refractivity contribution in [3.8, 4) is 22.5 Å². The third-order valence-electron chi connectivity index (χ3n) is 6.55. The summed E-state index contributed by atoms with van der Waals surface area (Å²) in [6.45, 7) is 2.65. The van der Waals surface area contributed by atoms with E-state index in [1.54, 1.807) is 17.7 Å². The summed E-state index contributed by atoms with van der Waals surface area (Å²) in [7, 11) is -3.55. The van der Waals surface area contributed by atoms with Gasteiger partial charge in [0.25, 0.3) is 10.0 Å². The Morgan fingerprint density at radius 1 is 1.12 bits per heavy atom. The number of amides is 1. The fourth-order valence-corrected chi connectivity index (χ4v) is 5.86. The number of rotatable bonds is 9. The molecule has 11 nitrogen and oxygen atoms in total. The quantitative estimate of drug-likeness (QED) is 0.258. The number of carbonyl (C=O) groups excluding carboxylic acids is 1. The molecule has 0 unspecified atom stereocenters. The molecule has 0 saturated carbocycles. The number of fused-ring (bicyclic) bond motifs is 1. The monoisotopic (exact) mass is 601 g/mol. The second-order valence-electron chi connectivity index (χ2n) is 9.50. The molecule has 5 rings (SSSR count). The van der Waals surface area contributed by atoms with Crippen molar-refractivity contribution < 1.29 is 31.1 Å². The number of sulfonamides is 1. The molecule has 4 aromatic rings. The molecule has 0 bridgehead atoms. The first-order valence-electron chi connectivity index (χ1n) is 12.9. The number of halogens is 3. The number of ether oxygens (including phenoxy) is 1. The van der Waals surface area contributed by atoms with Crippen LogP contribution >= 0.6 is 0 Å². The Balaban J connectivity index is 1.50. The zero-order chi connectivity index (χ0) is 30.0. The van der Waals surface area contributed by atoms with Crippen molar-refractivity contribution in [2.45, 2.75) is 37.2 Å². The number of hydrogen-bond donors (Lipinski definition) is 3. The fraction of sp³-hybridized carbons (Fsp3) is 0.259. The average molecular weight is 602 g/mol. The normalized spacial score (nSPS) is 13.4. The standard InChI is InChI=1S/C27H26F3N7O4S/c1-15(33-27(38)41-2)14-32-26-31-12-11-19(34-26)22-21-10-5-13-37(21)35-24(22)16-6-3-9-20(23(16)30)36-42(39,40)25-17(28)7-4-8-18(25)29/h3-4,6-9,11-12,15,36H,5,10,13-14H2,1-2H3,(H,33,38)(H,31,32,34)/t15-/m0/s1. The molecule has 1 amide bonds. The van der Waals surface area contributed by atoms with Gasteiger partial charge in [0.05, 0.1) is 18.5 Å². The first-order chi connectivity index (χ1) is 20.1. The summed E-state index contributed by atoms with van der Waals surface area (Å²) in [5.41, 5.74) is 1.46. The summed E-state index contributed by atoms with van der Waals surface area (Å²) in [6.07, 6.45) is 2.41. The van der Waals surface area contributed by atoms with Crippen molar-refractivity contribution in [2.75, 3.05) is 23.7 Å². The van der Waals surface area contributed by atoms with Gasteiger partial charge in [-0.3, -0.25) is 9.40 Å². The van der Waals surface area contributed by atoms with Crippen molar-refractivity contribution in [1.29, 1.82) is 0 Å². The lowest BCUT2D eigenvalue weighted by Gasteiger charge is -2.14. The molecular weight excluding hydrogens is 575 g/mol. The molecule has 220 valence electrons. The maximum atomic E-state index is 15.9. The van der Waals surface area contributed by atoms with Crippen molar-refractivity contribution >= 4 is 27.8 Å². The molecule has 1 aliphatic heterocycles. The van der Waals surface area contributed by atoms with E-state index < -0.39 is 44.2 Å². The highest BCUT2D eigenvalue weighted by Gasteiger charge is 2.29. The van der Waals surface area contributed by atoms with Gasteiger partial charge in [0.2, 0.25) is 5.95 Å². The number of anilines is 2. The van der Waals surface area contributed by atoms with Gasteiger partial charge in [-0.25, -0.2) is 36.4 Å². The lowest BCUT2D eigenvalue weighted by Crippen LogP contribution is -2.37. The van der Waals surface area contributed by atoms with Crippen LogP contribution in [-0.2, 0) is 27.7 Å². The van der Waals surface area contributed by atoms with Gasteiger partial charge in [-0.05, 0) is 50.1 Å². The molecule has 1 atom stereocenters. The van der Waals surface area contributed by atoms with Gasteiger partial charge in [-0.15, -0.1) is 0 Å². The number of benzene rings is 2. The number of aromatic nitrogens is 4. The van der Waals surface area contributed by atoms with Gasteiger partial charge in [0.1, 0.15) is 17.3 Å². The van der Waals surface area contributed by atoms with Gasteiger partial charge in [-0.1, -0.05) is 12.1 Å². The van der Waals surface area contributed by atoms with E-state index in [2.05, 4.69) is 30.4 Å². The average Bonchev–Trinajstić information content (AvgIpc) is 3.54. The molecular formula is C27H26F3N7O4S. The van der Waals surface area contributed by atoms with Crippen LogP contribution in [0.3, 0.4) is 0 Å². The second-order valence-corrected chi connectivity index (χ2v) is 11.1. The van der Waals surface area contributed by atoms with E-state index in [1.807, 2.05) is 4.72 Å². The first kappa shape index (κ1) is 28.9. The van der Waals surface area contributed by atoms with E-state index in [4.69, 9.17) is 0 Å². The van der Waals surface area contributed by atoms with Gasteiger partial charge >= 0.3 is 6.09 Å². The highest BCUT2D eigenvalue weighted by Crippen LogP contribution is 2.39. The van der Waals surface area contributed by atoms with Crippen molar-refractivity contribution in [3.05, 3.63) is 71.8 Å². The summed E-state index contributed by atoms with van der Waals surface area (Å²) < 4.78 is 78.4. The molecule has 1 aliphatic rings. The molecule has 0 saturated heterocycles. The Morgan fingerprint density at radius 3 is 2.60 bits per heavy atom. The van der Waals surface area contributed by atoms with Crippen molar-refractivity contribution in [3.63, 3.8) is 0 Å². The van der Waals surface area contributed by atoms with Gasteiger partial charge < -0.3 is 15.4 Å². The van der Waals surface area contributed by atoms with Crippen LogP contribution in [0.25, 0.3) is 22.5 Å². The molecule has 2 aromatic carbocycles. The van der Waals surface area contributed by atoms with Gasteiger partial charge in [0.15, 0.2) is 10.7 Å². The summed E-state index contributed by atoms with van der Waals surface area (Å²) in [6, 6.07) is 7.94. The molecule has 42 heavy (non-hydrogen) atoms. The topological polar surface area (TPSA) is 140 Å². The van der Waals surface area contributed by atoms with E-state index in [1.165, 1.54) is 25.4 Å². The Bertz CT molecular complexity index is 1740. The number of nitrogens with zero attached hydrogens (tertiary/aromatic N) is 4. The number of alkyl carbamates (subject to hydrolysis) is 1. The number of aryl methyl sites for hydroxylation is 1. The summed E-state index contributed by atoms with van der Waals surface area (Å²) in [4.78, 5) is 19.0. The molecule has 2 aromatic heterocycles. The lowest BCUT2D eigenvalue weighted by molar-refractivity contribution is 0.168. The van der Waals surface area contributed by atoms with E-state index in [9.17, 15) is 22.0 Å². The minimum atomic E-state index is -4.81.